The molecular formula is C4H9N3. The molecule has 3 heteroatoms. The van der Waals surface area contributed by atoms with E-state index < -0.39 is 0 Å². The molecule has 0 spiro atoms. The van der Waals surface area contributed by atoms with E-state index in [0.29, 0.717) is 0 Å². The topological polar surface area (TPSA) is 36.8 Å². The summed E-state index contributed by atoms with van der Waals surface area (Å²) >= 11 is 0. The third-order valence-electron chi connectivity index (χ3n) is 0.390. The highest BCUT2D eigenvalue weighted by Crippen LogP contribution is 1.49. The van der Waals surface area contributed by atoms with Crippen LogP contribution in [-0.2, 0) is 0 Å². The third kappa shape index (κ3) is 5.14. The van der Waals surface area contributed by atoms with Crippen LogP contribution in [0.2, 0.25) is 0 Å². The molecule has 0 radical (unpaired) electrons. The molecule has 0 unspecified atom stereocenters. The predicted octanol–water partition coefficient (Wildman–Crippen LogP) is 0.240. The van der Waals surface area contributed by atoms with Gasteiger partial charge in [0.05, 0.1) is 0 Å². The zero-order chi connectivity index (χ0) is 5.54. The van der Waals surface area contributed by atoms with Gasteiger partial charge >= 0.3 is 0 Å². The maximum Gasteiger partial charge on any atom is 0.103 e. The molecule has 0 saturated heterocycles. The van der Waals surface area contributed by atoms with Gasteiger partial charge in [0, 0.05) is 13.3 Å². The van der Waals surface area contributed by atoms with Crippen LogP contribution in [0.1, 0.15) is 6.92 Å². The zero-order valence-electron chi connectivity index (χ0n) is 4.55. The van der Waals surface area contributed by atoms with Crippen molar-refractivity contribution in [1.29, 1.82) is 0 Å². The van der Waals surface area contributed by atoms with E-state index in [-0.39, 0.29) is 0 Å². The number of aliphatic imine (C=N–C) groups is 1. The largest absolute Gasteiger partial charge is 0.277 e. The second kappa shape index (κ2) is 5.14. The Kier molecular flexibility index (Phi) is 4.51. The second-order valence-corrected chi connectivity index (χ2v) is 0.904. The van der Waals surface area contributed by atoms with Crippen LogP contribution in [0.25, 0.3) is 0 Å². The normalized spacial score (nSPS) is 11.1. The summed E-state index contributed by atoms with van der Waals surface area (Å²) in [6.45, 7) is 1.83. The van der Waals surface area contributed by atoms with Gasteiger partial charge in [0.25, 0.3) is 0 Å². The van der Waals surface area contributed by atoms with E-state index in [9.17, 15) is 0 Å². The van der Waals surface area contributed by atoms with Crippen LogP contribution in [0.5, 0.6) is 0 Å². The van der Waals surface area contributed by atoms with E-state index >= 15 is 0 Å². The minimum atomic E-state index is 1.51. The van der Waals surface area contributed by atoms with Crippen LogP contribution in [0.4, 0.5) is 0 Å². The molecule has 1 N–H and O–H groups in total. The van der Waals surface area contributed by atoms with Crippen molar-refractivity contribution >= 4 is 12.6 Å². The Bertz CT molecular complexity index is 65.0. The van der Waals surface area contributed by atoms with Gasteiger partial charge in [-0.25, -0.2) is 0 Å². The average Bonchev–Trinajstić information content (AvgIpc) is 1.69. The number of hydrogen-bond donors (Lipinski definition) is 1. The van der Waals surface area contributed by atoms with Crippen molar-refractivity contribution in [1.82, 2.24) is 5.43 Å². The highest BCUT2D eigenvalue weighted by Gasteiger charge is 1.56. The first-order chi connectivity index (χ1) is 3.41. The molecule has 3 nitrogen and oxygen atoms in total. The van der Waals surface area contributed by atoms with Crippen molar-refractivity contribution in [3.8, 4) is 0 Å². The fourth-order valence-corrected chi connectivity index (χ4v) is 0.166. The highest BCUT2D eigenvalue weighted by molar-refractivity contribution is 5.58. The Labute approximate surface area is 43.1 Å². The lowest BCUT2D eigenvalue weighted by atomic mass is 10.9. The van der Waals surface area contributed by atoms with E-state index in [4.69, 9.17) is 0 Å². The summed E-state index contributed by atoms with van der Waals surface area (Å²) in [4.78, 5) is 3.62. The van der Waals surface area contributed by atoms with Gasteiger partial charge in [0.1, 0.15) is 6.34 Å². The van der Waals surface area contributed by atoms with Gasteiger partial charge in [0.2, 0.25) is 0 Å². The van der Waals surface area contributed by atoms with Gasteiger partial charge in [-0.05, 0) is 6.92 Å². The molecule has 0 aliphatic heterocycles. The molecule has 0 rings (SSSR count). The number of hydrogen-bond acceptors (Lipinski definition) is 2. The minimum Gasteiger partial charge on any atom is -0.277 e. The van der Waals surface area contributed by atoms with E-state index in [1.807, 2.05) is 6.92 Å². The van der Waals surface area contributed by atoms with E-state index in [1.54, 1.807) is 13.3 Å². The SMILES string of the molecule is CC=NNC=NC. The van der Waals surface area contributed by atoms with Gasteiger partial charge in [-0.1, -0.05) is 0 Å². The van der Waals surface area contributed by atoms with Crippen LogP contribution in [0.3, 0.4) is 0 Å². The Balaban J connectivity index is 2.98. The number of hydrazone groups is 1. The van der Waals surface area contributed by atoms with E-state index in [0.717, 1.165) is 0 Å². The lowest BCUT2D eigenvalue weighted by Crippen LogP contribution is -1.99. The first-order valence-electron chi connectivity index (χ1n) is 2.05. The lowest BCUT2D eigenvalue weighted by Gasteiger charge is -1.80. The zero-order valence-corrected chi connectivity index (χ0v) is 4.55. The Morgan fingerprint density at radius 2 is 2.29 bits per heavy atom. The molecular weight excluding hydrogens is 90.1 g/mol. The molecule has 0 amide bonds. The van der Waals surface area contributed by atoms with E-state index in [2.05, 4.69) is 15.5 Å². The van der Waals surface area contributed by atoms with Gasteiger partial charge in [0.15, 0.2) is 0 Å². The summed E-state index contributed by atoms with van der Waals surface area (Å²) < 4.78 is 0. The van der Waals surface area contributed by atoms with Crippen molar-refractivity contribution < 1.29 is 0 Å². The molecule has 0 heterocycles. The van der Waals surface area contributed by atoms with Crippen LogP contribution < -0.4 is 5.43 Å². The fraction of sp³-hybridized carbons (Fsp3) is 0.500. The Morgan fingerprint density at radius 3 is 2.71 bits per heavy atom. The van der Waals surface area contributed by atoms with Crippen LogP contribution in [-0.4, -0.2) is 19.6 Å². The quantitative estimate of drug-likeness (QED) is 0.300. The molecule has 0 atom stereocenters. The smallest absolute Gasteiger partial charge is 0.103 e. The maximum atomic E-state index is 3.64. The highest BCUT2D eigenvalue weighted by atomic mass is 15.3. The van der Waals surface area contributed by atoms with Crippen molar-refractivity contribution in [3.05, 3.63) is 0 Å². The van der Waals surface area contributed by atoms with Gasteiger partial charge in [-0.15, -0.1) is 0 Å². The van der Waals surface area contributed by atoms with Crippen LogP contribution in [0.15, 0.2) is 10.1 Å². The molecule has 0 bridgehead atoms. The van der Waals surface area contributed by atoms with Crippen molar-refractivity contribution in [2.24, 2.45) is 10.1 Å². The molecule has 0 aromatic rings. The van der Waals surface area contributed by atoms with Crippen molar-refractivity contribution in [2.75, 3.05) is 7.05 Å². The summed E-state index contributed by atoms with van der Waals surface area (Å²) in [5.74, 6) is 0. The second-order valence-electron chi connectivity index (χ2n) is 0.904. The number of nitrogens with one attached hydrogen (secondary N) is 1. The van der Waals surface area contributed by atoms with E-state index in [1.165, 1.54) is 6.34 Å². The molecule has 0 aliphatic rings. The van der Waals surface area contributed by atoms with Crippen molar-refractivity contribution in [3.63, 3.8) is 0 Å². The third-order valence-corrected chi connectivity index (χ3v) is 0.390. The Morgan fingerprint density at radius 1 is 1.57 bits per heavy atom. The van der Waals surface area contributed by atoms with Crippen LogP contribution >= 0.6 is 0 Å². The molecule has 40 valence electrons. The molecule has 0 fully saturated rings. The van der Waals surface area contributed by atoms with Crippen LogP contribution in [0, 0.1) is 0 Å². The first-order valence-corrected chi connectivity index (χ1v) is 2.05. The fourth-order valence-electron chi connectivity index (χ4n) is 0.166. The van der Waals surface area contributed by atoms with Crippen molar-refractivity contribution in [2.45, 2.75) is 6.92 Å². The summed E-state index contributed by atoms with van der Waals surface area (Å²) in [5, 5.41) is 3.64. The molecule has 0 aliphatic carbocycles. The minimum absolute atomic E-state index is 1.51. The molecule has 0 aromatic heterocycles. The van der Waals surface area contributed by atoms with Gasteiger partial charge in [-0.2, -0.15) is 5.10 Å². The summed E-state index contributed by atoms with van der Waals surface area (Å²) in [6.07, 6.45) is 3.17. The molecule has 0 saturated carbocycles. The summed E-state index contributed by atoms with van der Waals surface area (Å²) in [5.41, 5.74) is 2.56. The average molecular weight is 99.1 g/mol. The molecule has 0 aromatic carbocycles. The maximum absolute atomic E-state index is 3.64. The molecule has 7 heavy (non-hydrogen) atoms. The predicted molar refractivity (Wildman–Crippen MR) is 31.7 cm³/mol. The first kappa shape index (κ1) is 6.14. The Hall–Kier alpha value is -0.860. The standard InChI is InChI=1S/C4H9N3/c1-3-6-7-4-5-2/h3-4H,1-2H3,(H,5,7). The summed E-state index contributed by atoms with van der Waals surface area (Å²) in [7, 11) is 1.68. The monoisotopic (exact) mass is 99.1 g/mol. The summed E-state index contributed by atoms with van der Waals surface area (Å²) in [6, 6.07) is 0. The van der Waals surface area contributed by atoms with Gasteiger partial charge < -0.3 is 0 Å². The lowest BCUT2D eigenvalue weighted by molar-refractivity contribution is 1.05. The van der Waals surface area contributed by atoms with Gasteiger partial charge in [-0.3, -0.25) is 10.4 Å². The number of nitrogens with zero attached hydrogens (tertiary/aromatic N) is 2. The number of rotatable bonds is 2.